The number of piperidine rings is 1. The van der Waals surface area contributed by atoms with Crippen molar-refractivity contribution in [2.75, 3.05) is 19.6 Å². The van der Waals surface area contributed by atoms with E-state index in [1.807, 2.05) is 0 Å². The van der Waals surface area contributed by atoms with Crippen molar-refractivity contribution in [3.63, 3.8) is 0 Å². The lowest BCUT2D eigenvalue weighted by Crippen LogP contribution is -3.13. The highest BCUT2D eigenvalue weighted by Crippen LogP contribution is 2.25. The molecule has 0 aromatic heterocycles. The Balaban J connectivity index is 1.69. The third-order valence-corrected chi connectivity index (χ3v) is 4.69. The van der Waals surface area contributed by atoms with E-state index in [0.29, 0.717) is 5.92 Å². The first kappa shape index (κ1) is 12.3. The first-order valence-electron chi connectivity index (χ1n) is 7.25. The zero-order chi connectivity index (χ0) is 11.4. The molecule has 0 aromatic carbocycles. The van der Waals surface area contributed by atoms with E-state index in [9.17, 15) is 4.39 Å². The van der Waals surface area contributed by atoms with Gasteiger partial charge >= 0.3 is 0 Å². The van der Waals surface area contributed by atoms with Crippen LogP contribution in [-0.2, 0) is 0 Å². The Hall–Kier alpha value is -0.110. The monoisotopic (exact) mass is 228 g/mol. The Morgan fingerprint density at radius 3 is 2.44 bits per heavy atom. The Morgan fingerprint density at radius 2 is 1.81 bits per heavy atom. The molecule has 2 rings (SSSR count). The zero-order valence-electron chi connectivity index (χ0n) is 10.7. The first-order chi connectivity index (χ1) is 7.78. The molecular formula is C14H27FN+. The normalized spacial score (nSPS) is 40.9. The molecule has 2 atom stereocenters. The fraction of sp³-hybridized carbons (Fsp3) is 1.00. The number of hydrogen-bond donors (Lipinski definition) is 1. The number of rotatable bonds is 3. The van der Waals surface area contributed by atoms with Crippen molar-refractivity contribution in [2.24, 2.45) is 11.8 Å². The van der Waals surface area contributed by atoms with Crippen molar-refractivity contribution in [1.82, 2.24) is 0 Å². The second-order valence-corrected chi connectivity index (χ2v) is 5.94. The van der Waals surface area contributed by atoms with Gasteiger partial charge in [0.05, 0.1) is 19.6 Å². The van der Waals surface area contributed by atoms with Gasteiger partial charge in [0.15, 0.2) is 0 Å². The van der Waals surface area contributed by atoms with Crippen LogP contribution in [0.15, 0.2) is 0 Å². The number of alkyl halides is 1. The van der Waals surface area contributed by atoms with E-state index in [4.69, 9.17) is 0 Å². The minimum atomic E-state index is -0.494. The predicted octanol–water partition coefficient (Wildman–Crippen LogP) is 2.22. The molecule has 1 saturated carbocycles. The molecule has 1 aliphatic carbocycles. The van der Waals surface area contributed by atoms with Crippen molar-refractivity contribution in [1.29, 1.82) is 0 Å². The zero-order valence-corrected chi connectivity index (χ0v) is 10.7. The Labute approximate surface area is 99.4 Å². The van der Waals surface area contributed by atoms with Gasteiger partial charge in [-0.15, -0.1) is 0 Å². The van der Waals surface area contributed by atoms with Crippen molar-refractivity contribution in [2.45, 2.75) is 58.0 Å². The SMILES string of the molecule is CCC1CC[NH+](CC2CCCC(F)C2)CC1. The molecule has 0 radical (unpaired) electrons. The fourth-order valence-electron chi connectivity index (χ4n) is 3.52. The molecule has 0 bridgehead atoms. The maximum absolute atomic E-state index is 13.3. The molecule has 0 aromatic rings. The maximum atomic E-state index is 13.3. The van der Waals surface area contributed by atoms with Crippen LogP contribution in [0.3, 0.4) is 0 Å². The average Bonchev–Trinajstić information content (AvgIpc) is 2.30. The summed E-state index contributed by atoms with van der Waals surface area (Å²) >= 11 is 0. The number of likely N-dealkylation sites (tertiary alicyclic amines) is 1. The van der Waals surface area contributed by atoms with Gasteiger partial charge in [-0.05, 0) is 38.0 Å². The molecule has 1 saturated heterocycles. The Kier molecular flexibility index (Phi) is 4.63. The first-order valence-corrected chi connectivity index (χ1v) is 7.25. The summed E-state index contributed by atoms with van der Waals surface area (Å²) in [5, 5.41) is 0. The topological polar surface area (TPSA) is 4.44 Å². The van der Waals surface area contributed by atoms with Gasteiger partial charge in [0.1, 0.15) is 6.17 Å². The van der Waals surface area contributed by atoms with Crippen molar-refractivity contribution >= 4 is 0 Å². The minimum Gasteiger partial charge on any atom is -0.335 e. The van der Waals surface area contributed by atoms with Crippen LogP contribution in [0.4, 0.5) is 4.39 Å². The van der Waals surface area contributed by atoms with Gasteiger partial charge in [-0.3, -0.25) is 0 Å². The van der Waals surface area contributed by atoms with E-state index >= 15 is 0 Å². The van der Waals surface area contributed by atoms with Gasteiger partial charge in [-0.25, -0.2) is 4.39 Å². The summed E-state index contributed by atoms with van der Waals surface area (Å²) in [6, 6.07) is 0. The Bertz CT molecular complexity index is 199. The van der Waals surface area contributed by atoms with Crippen LogP contribution in [0.1, 0.15) is 51.9 Å². The average molecular weight is 228 g/mol. The highest BCUT2D eigenvalue weighted by atomic mass is 19.1. The standard InChI is InChI=1S/C14H26FN/c1-2-12-6-8-16(9-7-12)11-13-4-3-5-14(15)10-13/h12-14H,2-11H2,1H3/p+1. The van der Waals surface area contributed by atoms with Gasteiger partial charge in [0.2, 0.25) is 0 Å². The van der Waals surface area contributed by atoms with E-state index in [1.165, 1.54) is 45.3 Å². The molecule has 16 heavy (non-hydrogen) atoms. The van der Waals surface area contributed by atoms with Crippen LogP contribution in [-0.4, -0.2) is 25.8 Å². The van der Waals surface area contributed by atoms with Gasteiger partial charge in [0.25, 0.3) is 0 Å². The molecule has 1 nitrogen and oxygen atoms in total. The van der Waals surface area contributed by atoms with Crippen LogP contribution < -0.4 is 4.90 Å². The van der Waals surface area contributed by atoms with Crippen molar-refractivity contribution < 1.29 is 9.29 Å². The smallest absolute Gasteiger partial charge is 0.101 e. The summed E-state index contributed by atoms with van der Waals surface area (Å²) in [5.74, 6) is 1.65. The van der Waals surface area contributed by atoms with E-state index in [-0.39, 0.29) is 0 Å². The van der Waals surface area contributed by atoms with E-state index < -0.39 is 6.17 Å². The summed E-state index contributed by atoms with van der Waals surface area (Å²) < 4.78 is 13.3. The molecule has 0 amide bonds. The molecule has 2 unspecified atom stereocenters. The summed E-state index contributed by atoms with van der Waals surface area (Å²) in [5.41, 5.74) is 0. The molecule has 94 valence electrons. The highest BCUT2D eigenvalue weighted by molar-refractivity contribution is 4.72. The summed E-state index contributed by atoms with van der Waals surface area (Å²) in [4.78, 5) is 1.75. The lowest BCUT2D eigenvalue weighted by atomic mass is 9.86. The summed E-state index contributed by atoms with van der Waals surface area (Å²) in [6.45, 7) is 6.24. The molecule has 1 heterocycles. The number of nitrogens with one attached hydrogen (secondary N) is 1. The van der Waals surface area contributed by atoms with E-state index in [1.54, 1.807) is 4.90 Å². The van der Waals surface area contributed by atoms with E-state index in [0.717, 1.165) is 25.2 Å². The lowest BCUT2D eigenvalue weighted by Gasteiger charge is -2.33. The molecule has 1 aliphatic heterocycles. The van der Waals surface area contributed by atoms with Gasteiger partial charge in [-0.2, -0.15) is 0 Å². The van der Waals surface area contributed by atoms with Crippen molar-refractivity contribution in [3.8, 4) is 0 Å². The second kappa shape index (κ2) is 6.00. The van der Waals surface area contributed by atoms with E-state index in [2.05, 4.69) is 6.92 Å². The van der Waals surface area contributed by atoms with Gasteiger partial charge in [-0.1, -0.05) is 19.8 Å². The third-order valence-electron chi connectivity index (χ3n) is 4.69. The van der Waals surface area contributed by atoms with Crippen LogP contribution >= 0.6 is 0 Å². The maximum Gasteiger partial charge on any atom is 0.101 e. The summed E-state index contributed by atoms with van der Waals surface area (Å²) in [6.07, 6.45) is 7.73. The van der Waals surface area contributed by atoms with Crippen LogP contribution in [0.5, 0.6) is 0 Å². The highest BCUT2D eigenvalue weighted by Gasteiger charge is 2.27. The summed E-state index contributed by atoms with van der Waals surface area (Å²) in [7, 11) is 0. The second-order valence-electron chi connectivity index (χ2n) is 5.94. The minimum absolute atomic E-state index is 0.494. The molecule has 1 N–H and O–H groups in total. The van der Waals surface area contributed by atoms with Crippen LogP contribution in [0, 0.1) is 11.8 Å². The molecular weight excluding hydrogens is 201 g/mol. The molecule has 2 fully saturated rings. The van der Waals surface area contributed by atoms with Gasteiger partial charge < -0.3 is 4.90 Å². The third kappa shape index (κ3) is 3.44. The quantitative estimate of drug-likeness (QED) is 0.755. The van der Waals surface area contributed by atoms with Crippen molar-refractivity contribution in [3.05, 3.63) is 0 Å². The number of halogens is 1. The molecule has 2 heteroatoms. The van der Waals surface area contributed by atoms with Crippen LogP contribution in [0.25, 0.3) is 0 Å². The fourth-order valence-corrected chi connectivity index (χ4v) is 3.52. The number of hydrogen-bond acceptors (Lipinski definition) is 0. The molecule has 0 spiro atoms. The van der Waals surface area contributed by atoms with Crippen LogP contribution in [0.2, 0.25) is 0 Å². The Morgan fingerprint density at radius 1 is 1.06 bits per heavy atom. The number of quaternary nitrogens is 1. The molecule has 2 aliphatic rings. The predicted molar refractivity (Wildman–Crippen MR) is 65.4 cm³/mol. The largest absolute Gasteiger partial charge is 0.335 e. The lowest BCUT2D eigenvalue weighted by molar-refractivity contribution is -0.909. The van der Waals surface area contributed by atoms with Gasteiger partial charge in [0, 0.05) is 5.92 Å².